The zero-order valence-corrected chi connectivity index (χ0v) is 13.1. The van der Waals surface area contributed by atoms with Crippen molar-refractivity contribution in [2.24, 2.45) is 14.1 Å². The van der Waals surface area contributed by atoms with Gasteiger partial charge in [-0.05, 0) is 20.8 Å². The number of hydrogen-bond acceptors (Lipinski definition) is 4. The van der Waals surface area contributed by atoms with E-state index in [0.717, 1.165) is 10.3 Å². The maximum atomic E-state index is 12.4. The monoisotopic (exact) mass is 303 g/mol. The van der Waals surface area contributed by atoms with Gasteiger partial charge in [0.15, 0.2) is 16.9 Å². The average molecular weight is 303 g/mol. The summed E-state index contributed by atoms with van der Waals surface area (Å²) in [4.78, 5) is 40.6. The molecule has 0 aliphatic heterocycles. The summed E-state index contributed by atoms with van der Waals surface area (Å²) in [7, 11) is 3.01. The second kappa shape index (κ2) is 4.43. The van der Waals surface area contributed by atoms with Crippen molar-refractivity contribution in [3.8, 4) is 0 Å². The van der Waals surface area contributed by atoms with Gasteiger partial charge >= 0.3 is 5.69 Å². The van der Waals surface area contributed by atoms with Crippen molar-refractivity contribution in [2.45, 2.75) is 26.8 Å². The highest BCUT2D eigenvalue weighted by Gasteiger charge is 2.22. The number of aryl methyl sites for hydroxylation is 2. The van der Waals surface area contributed by atoms with E-state index in [-0.39, 0.29) is 5.78 Å². The van der Waals surface area contributed by atoms with E-state index in [1.165, 1.54) is 18.5 Å². The molecule has 8 heteroatoms. The van der Waals surface area contributed by atoms with Crippen molar-refractivity contribution in [1.29, 1.82) is 0 Å². The first-order chi connectivity index (χ1) is 10.3. The minimum atomic E-state index is -0.429. The number of fused-ring (bicyclic) bond motifs is 3. The predicted octanol–water partition coefficient (Wildman–Crippen LogP) is 0.145. The van der Waals surface area contributed by atoms with E-state index < -0.39 is 17.3 Å². The van der Waals surface area contributed by atoms with Crippen LogP contribution >= 0.6 is 0 Å². The molecule has 0 radical (unpaired) electrons. The molecule has 3 rings (SSSR count). The molecule has 3 heterocycles. The number of rotatable bonds is 2. The highest BCUT2D eigenvalue weighted by atomic mass is 16.2. The number of ketones is 1. The summed E-state index contributed by atoms with van der Waals surface area (Å²) >= 11 is 0. The van der Waals surface area contributed by atoms with Crippen LogP contribution in [-0.2, 0) is 18.9 Å². The molecule has 0 aliphatic carbocycles. The third-order valence-corrected chi connectivity index (χ3v) is 4.16. The Balaban J connectivity index is 2.56. The first-order valence-corrected chi connectivity index (χ1v) is 6.91. The van der Waals surface area contributed by atoms with E-state index in [1.54, 1.807) is 29.1 Å². The van der Waals surface area contributed by atoms with Gasteiger partial charge < -0.3 is 4.57 Å². The fourth-order valence-corrected chi connectivity index (χ4v) is 2.76. The molecule has 0 N–H and O–H groups in total. The number of nitrogens with zero attached hydrogens (tertiary/aromatic N) is 5. The second-order valence-electron chi connectivity index (χ2n) is 5.59. The Morgan fingerprint density at radius 3 is 2.45 bits per heavy atom. The Morgan fingerprint density at radius 2 is 1.86 bits per heavy atom. The second-order valence-corrected chi connectivity index (χ2v) is 5.59. The van der Waals surface area contributed by atoms with Gasteiger partial charge in [-0.2, -0.15) is 4.98 Å². The van der Waals surface area contributed by atoms with Crippen LogP contribution in [0.2, 0.25) is 0 Å². The molecule has 0 amide bonds. The van der Waals surface area contributed by atoms with Crippen molar-refractivity contribution in [3.63, 3.8) is 0 Å². The fourth-order valence-electron chi connectivity index (χ4n) is 2.76. The maximum absolute atomic E-state index is 12.4. The smallest absolute Gasteiger partial charge is 0.304 e. The maximum Gasteiger partial charge on any atom is 0.332 e. The molecule has 3 aromatic heterocycles. The molecule has 0 saturated heterocycles. The lowest BCUT2D eigenvalue weighted by molar-refractivity contribution is -0.119. The van der Waals surface area contributed by atoms with Gasteiger partial charge in [0.2, 0.25) is 5.78 Å². The number of aromatic nitrogens is 5. The van der Waals surface area contributed by atoms with Gasteiger partial charge in [-0.15, -0.1) is 0 Å². The molecule has 116 valence electrons. The third-order valence-electron chi connectivity index (χ3n) is 4.16. The third kappa shape index (κ3) is 1.63. The normalized spacial score (nSPS) is 13.1. The molecule has 0 spiro atoms. The molecular formula is C14H17N5O3. The number of imidazole rings is 2. The quantitative estimate of drug-likeness (QED) is 0.674. The summed E-state index contributed by atoms with van der Waals surface area (Å²) in [5.74, 6) is 0.476. The minimum Gasteiger partial charge on any atom is -0.304 e. The van der Waals surface area contributed by atoms with Crippen LogP contribution in [0.1, 0.15) is 25.6 Å². The van der Waals surface area contributed by atoms with E-state index in [9.17, 15) is 14.4 Å². The standard InChI is InChI=1S/C14H17N5O3/c1-7-6-18-10-11(16(4)14(22)17(5)12(10)21)15-13(18)19(7)8(2)9(3)20/h6,8H,1-5H3/t8-/m1/s1. The Morgan fingerprint density at radius 1 is 1.23 bits per heavy atom. The SMILES string of the molecule is CC(=O)[C@@H](C)n1c(C)cn2c3c(=O)n(C)c(=O)n(C)c3nc12. The van der Waals surface area contributed by atoms with Gasteiger partial charge in [0.1, 0.15) is 0 Å². The van der Waals surface area contributed by atoms with Crippen LogP contribution in [0.15, 0.2) is 15.8 Å². The van der Waals surface area contributed by atoms with Gasteiger partial charge in [0.05, 0.1) is 6.04 Å². The Bertz CT molecular complexity index is 1050. The van der Waals surface area contributed by atoms with Gasteiger partial charge in [-0.1, -0.05) is 0 Å². The molecule has 0 unspecified atom stereocenters. The number of hydrogen-bond donors (Lipinski definition) is 0. The topological polar surface area (TPSA) is 83.3 Å². The van der Waals surface area contributed by atoms with Gasteiger partial charge in [0.25, 0.3) is 5.56 Å². The summed E-state index contributed by atoms with van der Waals surface area (Å²) in [6.07, 6.45) is 1.76. The van der Waals surface area contributed by atoms with Gasteiger partial charge in [0, 0.05) is 26.0 Å². The first-order valence-electron chi connectivity index (χ1n) is 6.91. The van der Waals surface area contributed by atoms with Crippen LogP contribution in [0.5, 0.6) is 0 Å². The lowest BCUT2D eigenvalue weighted by atomic mass is 10.2. The summed E-state index contributed by atoms with van der Waals surface area (Å²) in [6, 6.07) is -0.393. The van der Waals surface area contributed by atoms with E-state index in [0.29, 0.717) is 16.9 Å². The van der Waals surface area contributed by atoms with Crippen molar-refractivity contribution in [1.82, 2.24) is 23.1 Å². The van der Waals surface area contributed by atoms with Crippen molar-refractivity contribution >= 4 is 22.7 Å². The van der Waals surface area contributed by atoms with E-state index in [2.05, 4.69) is 4.98 Å². The van der Waals surface area contributed by atoms with Crippen molar-refractivity contribution in [3.05, 3.63) is 32.7 Å². The molecule has 1 atom stereocenters. The highest BCUT2D eigenvalue weighted by molar-refractivity contribution is 5.81. The van der Waals surface area contributed by atoms with Crippen molar-refractivity contribution in [2.75, 3.05) is 0 Å². The lowest BCUT2D eigenvalue weighted by Crippen LogP contribution is -2.37. The van der Waals surface area contributed by atoms with Gasteiger partial charge in [-0.25, -0.2) is 4.79 Å². The molecule has 0 fully saturated rings. The number of carbonyl (C=O) groups excluding carboxylic acids is 1. The molecule has 0 saturated carbocycles. The van der Waals surface area contributed by atoms with Gasteiger partial charge in [-0.3, -0.25) is 23.1 Å². The first kappa shape index (κ1) is 14.3. The molecule has 8 nitrogen and oxygen atoms in total. The molecule has 22 heavy (non-hydrogen) atoms. The molecular weight excluding hydrogens is 286 g/mol. The van der Waals surface area contributed by atoms with E-state index >= 15 is 0 Å². The van der Waals surface area contributed by atoms with Crippen molar-refractivity contribution < 1.29 is 4.79 Å². The Labute approximate surface area is 125 Å². The fraction of sp³-hybridized carbons (Fsp3) is 0.429. The van der Waals surface area contributed by atoms with Crippen LogP contribution in [0, 0.1) is 6.92 Å². The lowest BCUT2D eigenvalue weighted by Gasteiger charge is -2.11. The summed E-state index contributed by atoms with van der Waals surface area (Å²) < 4.78 is 5.80. The van der Waals surface area contributed by atoms with Crippen LogP contribution in [-0.4, -0.2) is 28.9 Å². The summed E-state index contributed by atoms with van der Waals surface area (Å²) in [5, 5.41) is 0. The predicted molar refractivity (Wildman–Crippen MR) is 81.3 cm³/mol. The number of carbonyl (C=O) groups is 1. The Hall–Kier alpha value is -2.64. The molecule has 0 bridgehead atoms. The largest absolute Gasteiger partial charge is 0.332 e. The zero-order valence-electron chi connectivity index (χ0n) is 13.1. The van der Waals surface area contributed by atoms with Crippen LogP contribution in [0.3, 0.4) is 0 Å². The Kier molecular flexibility index (Phi) is 2.88. The molecule has 0 aromatic carbocycles. The van der Waals surface area contributed by atoms with E-state index in [1.807, 2.05) is 6.92 Å². The molecule has 0 aliphatic rings. The summed E-state index contributed by atoms with van der Waals surface area (Å²) in [5.41, 5.74) is 0.632. The minimum absolute atomic E-state index is 0.00459. The summed E-state index contributed by atoms with van der Waals surface area (Å²) in [6.45, 7) is 5.15. The van der Waals surface area contributed by atoms with Crippen LogP contribution in [0.4, 0.5) is 0 Å². The molecule has 3 aromatic rings. The zero-order chi connectivity index (χ0) is 16.3. The average Bonchev–Trinajstić information content (AvgIpc) is 2.96. The highest BCUT2D eigenvalue weighted by Crippen LogP contribution is 2.20. The van der Waals surface area contributed by atoms with E-state index in [4.69, 9.17) is 0 Å². The van der Waals surface area contributed by atoms with Crippen LogP contribution in [0.25, 0.3) is 16.9 Å². The number of Topliss-reactive ketones (excluding diaryl/α,β-unsaturated/α-hetero) is 1. The van der Waals surface area contributed by atoms with Crippen LogP contribution < -0.4 is 11.2 Å².